The average Bonchev–Trinajstić information content (AvgIpc) is 2.86. The number of nitrogens with one attached hydrogen (secondary N) is 1. The first kappa shape index (κ1) is 13.1. The molecule has 3 N–H and O–H groups in total. The monoisotopic (exact) mass is 272 g/mol. The molecule has 0 aromatic carbocycles. The van der Waals surface area contributed by atoms with E-state index in [9.17, 15) is 4.79 Å². The summed E-state index contributed by atoms with van der Waals surface area (Å²) >= 11 is 0. The van der Waals surface area contributed by atoms with Gasteiger partial charge in [-0.2, -0.15) is 5.10 Å². The van der Waals surface area contributed by atoms with Crippen LogP contribution in [0.2, 0.25) is 0 Å². The van der Waals surface area contributed by atoms with Crippen LogP contribution in [0.3, 0.4) is 0 Å². The summed E-state index contributed by atoms with van der Waals surface area (Å²) in [5.41, 5.74) is 7.26. The van der Waals surface area contributed by atoms with Gasteiger partial charge in [-0.3, -0.25) is 4.79 Å². The van der Waals surface area contributed by atoms with Gasteiger partial charge in [0.1, 0.15) is 0 Å². The first-order valence-corrected chi connectivity index (χ1v) is 6.97. The third-order valence-electron chi connectivity index (χ3n) is 4.73. The normalized spacial score (nSPS) is 24.4. The first-order valence-electron chi connectivity index (χ1n) is 6.97. The minimum absolute atomic E-state index is 0.0558. The highest BCUT2D eigenvalue weighted by Gasteiger charge is 2.47. The molecule has 0 bridgehead atoms. The summed E-state index contributed by atoms with van der Waals surface area (Å²) in [5, 5.41) is 7.31. The van der Waals surface area contributed by atoms with Gasteiger partial charge in [0.25, 0.3) is 5.91 Å². The van der Waals surface area contributed by atoms with Crippen LogP contribution in [0.15, 0.2) is 30.6 Å². The fourth-order valence-electron chi connectivity index (χ4n) is 3.01. The number of carbonyl (C=O) groups is 1. The van der Waals surface area contributed by atoms with Crippen molar-refractivity contribution in [2.45, 2.75) is 26.3 Å². The molecule has 1 aliphatic carbocycles. The van der Waals surface area contributed by atoms with Crippen LogP contribution in [0.1, 0.15) is 30.6 Å². The molecule has 1 aliphatic rings. The zero-order valence-corrected chi connectivity index (χ0v) is 11.8. The van der Waals surface area contributed by atoms with Crippen molar-refractivity contribution in [1.29, 1.82) is 0 Å². The summed E-state index contributed by atoms with van der Waals surface area (Å²) in [7, 11) is 0. The van der Waals surface area contributed by atoms with Crippen LogP contribution in [-0.2, 0) is 0 Å². The zero-order chi connectivity index (χ0) is 14.3. The first-order chi connectivity index (χ1) is 9.54. The van der Waals surface area contributed by atoms with Gasteiger partial charge in [0.15, 0.2) is 0 Å². The average molecular weight is 272 g/mol. The van der Waals surface area contributed by atoms with Gasteiger partial charge in [0, 0.05) is 12.2 Å². The molecule has 0 aliphatic heterocycles. The Balaban J connectivity index is 1.78. The van der Waals surface area contributed by atoms with Gasteiger partial charge in [-0.1, -0.05) is 19.9 Å². The van der Waals surface area contributed by atoms with Gasteiger partial charge in [0.2, 0.25) is 0 Å². The Labute approximate surface area is 118 Å². The molecule has 5 heteroatoms. The quantitative estimate of drug-likeness (QED) is 0.888. The minimum atomic E-state index is -0.0558. The molecule has 0 spiro atoms. The van der Waals surface area contributed by atoms with E-state index in [0.717, 1.165) is 11.9 Å². The maximum Gasteiger partial charge on any atom is 0.255 e. The number of nitrogens with two attached hydrogens (primary N) is 1. The molecule has 1 fully saturated rings. The van der Waals surface area contributed by atoms with Crippen molar-refractivity contribution in [1.82, 2.24) is 14.9 Å². The Bertz CT molecular complexity index is 646. The number of carbonyl (C=O) groups excluding carboxylic acids is 1. The number of amides is 1. The van der Waals surface area contributed by atoms with E-state index in [1.54, 1.807) is 10.7 Å². The Kier molecular flexibility index (Phi) is 3.01. The van der Waals surface area contributed by atoms with Gasteiger partial charge in [-0.15, -0.1) is 0 Å². The standard InChI is InChI=1S/C15H20N4O/c1-15(2)10(8-16)7-13(15)18-14(20)11-9-17-19-6-4-3-5-12(11)19/h3-6,9-10,13H,7-8,16H2,1-2H3,(H,18,20). The summed E-state index contributed by atoms with van der Waals surface area (Å²) in [6.07, 6.45) is 4.41. The summed E-state index contributed by atoms with van der Waals surface area (Å²) in [5.74, 6) is 0.427. The second-order valence-corrected chi connectivity index (χ2v) is 6.10. The third kappa shape index (κ3) is 1.89. The lowest BCUT2D eigenvalue weighted by Crippen LogP contribution is -2.60. The second-order valence-electron chi connectivity index (χ2n) is 6.10. The van der Waals surface area contributed by atoms with E-state index in [2.05, 4.69) is 24.3 Å². The molecule has 2 aromatic heterocycles. The van der Waals surface area contributed by atoms with E-state index in [-0.39, 0.29) is 17.4 Å². The van der Waals surface area contributed by atoms with Crippen molar-refractivity contribution in [2.75, 3.05) is 6.54 Å². The van der Waals surface area contributed by atoms with Crippen LogP contribution in [0, 0.1) is 11.3 Å². The molecule has 2 atom stereocenters. The molecular weight excluding hydrogens is 252 g/mol. The number of fused-ring (bicyclic) bond motifs is 1. The van der Waals surface area contributed by atoms with Crippen LogP contribution >= 0.6 is 0 Å². The predicted octanol–water partition coefficient (Wildman–Crippen LogP) is 1.44. The van der Waals surface area contributed by atoms with E-state index < -0.39 is 0 Å². The number of pyridine rings is 1. The van der Waals surface area contributed by atoms with Crippen LogP contribution in [0.25, 0.3) is 5.52 Å². The number of hydrogen-bond acceptors (Lipinski definition) is 3. The lowest BCUT2D eigenvalue weighted by atomic mass is 9.58. The fourth-order valence-corrected chi connectivity index (χ4v) is 3.01. The maximum absolute atomic E-state index is 12.4. The highest BCUT2D eigenvalue weighted by atomic mass is 16.1. The van der Waals surface area contributed by atoms with E-state index >= 15 is 0 Å². The minimum Gasteiger partial charge on any atom is -0.349 e. The molecule has 3 rings (SSSR count). The van der Waals surface area contributed by atoms with Crippen molar-refractivity contribution >= 4 is 11.4 Å². The van der Waals surface area contributed by atoms with Gasteiger partial charge in [-0.05, 0) is 36.4 Å². The van der Waals surface area contributed by atoms with Crippen molar-refractivity contribution in [3.05, 3.63) is 36.2 Å². The van der Waals surface area contributed by atoms with Crippen LogP contribution in [0.5, 0.6) is 0 Å². The van der Waals surface area contributed by atoms with Gasteiger partial charge >= 0.3 is 0 Å². The molecule has 1 amide bonds. The van der Waals surface area contributed by atoms with Crippen LogP contribution < -0.4 is 11.1 Å². The van der Waals surface area contributed by atoms with Crippen molar-refractivity contribution < 1.29 is 4.79 Å². The molecule has 0 radical (unpaired) electrons. The highest BCUT2D eigenvalue weighted by Crippen LogP contribution is 2.45. The lowest BCUT2D eigenvalue weighted by Gasteiger charge is -2.52. The second kappa shape index (κ2) is 4.59. The molecule has 2 heterocycles. The molecule has 1 saturated carbocycles. The Morgan fingerprint density at radius 3 is 3.05 bits per heavy atom. The van der Waals surface area contributed by atoms with Crippen molar-refractivity contribution in [3.8, 4) is 0 Å². The number of aromatic nitrogens is 2. The van der Waals surface area contributed by atoms with Crippen molar-refractivity contribution in [2.24, 2.45) is 17.1 Å². The Hall–Kier alpha value is -1.88. The number of hydrogen-bond donors (Lipinski definition) is 2. The molecule has 106 valence electrons. The molecule has 2 unspecified atom stereocenters. The SMILES string of the molecule is CC1(C)C(CN)CC1NC(=O)c1cnn2ccccc12. The van der Waals surface area contributed by atoms with Gasteiger partial charge in [-0.25, -0.2) is 4.52 Å². The summed E-state index contributed by atoms with van der Waals surface area (Å²) in [6, 6.07) is 5.88. The Morgan fingerprint density at radius 1 is 1.55 bits per heavy atom. The van der Waals surface area contributed by atoms with Crippen molar-refractivity contribution in [3.63, 3.8) is 0 Å². The van der Waals surface area contributed by atoms with Gasteiger partial charge < -0.3 is 11.1 Å². The van der Waals surface area contributed by atoms with E-state index in [1.165, 1.54) is 0 Å². The van der Waals surface area contributed by atoms with E-state index in [0.29, 0.717) is 18.0 Å². The van der Waals surface area contributed by atoms with E-state index in [4.69, 9.17) is 5.73 Å². The lowest BCUT2D eigenvalue weighted by molar-refractivity contribution is 0.0200. The van der Waals surface area contributed by atoms with Crippen LogP contribution in [-0.4, -0.2) is 28.1 Å². The molecule has 0 saturated heterocycles. The van der Waals surface area contributed by atoms with Crippen LogP contribution in [0.4, 0.5) is 0 Å². The third-order valence-corrected chi connectivity index (χ3v) is 4.73. The smallest absolute Gasteiger partial charge is 0.255 e. The number of nitrogens with zero attached hydrogens (tertiary/aromatic N) is 2. The van der Waals surface area contributed by atoms with Gasteiger partial charge in [0.05, 0.1) is 17.3 Å². The molecule has 20 heavy (non-hydrogen) atoms. The number of rotatable bonds is 3. The van der Waals surface area contributed by atoms with E-state index in [1.807, 2.05) is 24.4 Å². The topological polar surface area (TPSA) is 72.4 Å². The highest BCUT2D eigenvalue weighted by molar-refractivity contribution is 6.00. The fraction of sp³-hybridized carbons (Fsp3) is 0.467. The summed E-state index contributed by atoms with van der Waals surface area (Å²) in [6.45, 7) is 5.00. The largest absolute Gasteiger partial charge is 0.349 e. The predicted molar refractivity (Wildman–Crippen MR) is 77.4 cm³/mol. The maximum atomic E-state index is 12.4. The summed E-state index contributed by atoms with van der Waals surface area (Å²) < 4.78 is 1.71. The summed E-state index contributed by atoms with van der Waals surface area (Å²) in [4.78, 5) is 12.4. The molecule has 5 nitrogen and oxygen atoms in total. The molecule has 2 aromatic rings. The molecular formula is C15H20N4O. The Morgan fingerprint density at radius 2 is 2.35 bits per heavy atom. The zero-order valence-electron chi connectivity index (χ0n) is 11.8.